The second-order valence-electron chi connectivity index (χ2n) is 5.57. The smallest absolute Gasteiger partial charge is 0.305 e. The highest BCUT2D eigenvalue weighted by Gasteiger charge is 2.09. The van der Waals surface area contributed by atoms with Crippen LogP contribution in [0.3, 0.4) is 0 Å². The molecule has 0 saturated carbocycles. The summed E-state index contributed by atoms with van der Waals surface area (Å²) >= 11 is 1.37. The highest BCUT2D eigenvalue weighted by atomic mass is 32.1. The van der Waals surface area contributed by atoms with Crippen molar-refractivity contribution >= 4 is 28.3 Å². The van der Waals surface area contributed by atoms with Gasteiger partial charge in [0.05, 0.1) is 6.61 Å². The molecule has 134 valence electrons. The molecule has 0 aliphatic rings. The molecule has 0 bridgehead atoms. The average Bonchev–Trinajstić information content (AvgIpc) is 3.07. The van der Waals surface area contributed by atoms with Gasteiger partial charge >= 0.3 is 5.97 Å². The minimum Gasteiger partial charge on any atom is -0.466 e. The molecule has 2 rings (SSSR count). The van der Waals surface area contributed by atoms with Gasteiger partial charge in [0, 0.05) is 12.8 Å². The van der Waals surface area contributed by atoms with Crippen molar-refractivity contribution in [1.29, 1.82) is 0 Å². The summed E-state index contributed by atoms with van der Waals surface area (Å²) in [6, 6.07) is 10.1. The number of nitrogens with zero attached hydrogens (tertiary/aromatic N) is 2. The van der Waals surface area contributed by atoms with Crippen LogP contribution >= 0.6 is 11.3 Å². The fourth-order valence-corrected chi connectivity index (χ4v) is 2.90. The summed E-state index contributed by atoms with van der Waals surface area (Å²) in [7, 11) is 0. The minimum atomic E-state index is -0.259. The second kappa shape index (κ2) is 10.6. The summed E-state index contributed by atoms with van der Waals surface area (Å²) in [6.07, 6.45) is 3.45. The van der Waals surface area contributed by atoms with Gasteiger partial charge in [0.15, 0.2) is 0 Å². The van der Waals surface area contributed by atoms with Crippen LogP contribution in [0.5, 0.6) is 0 Å². The topological polar surface area (TPSA) is 81.2 Å². The Morgan fingerprint density at radius 2 is 1.92 bits per heavy atom. The monoisotopic (exact) mass is 361 g/mol. The number of hydrogen-bond acceptors (Lipinski definition) is 6. The Hall–Kier alpha value is -2.28. The average molecular weight is 361 g/mol. The molecule has 0 spiro atoms. The van der Waals surface area contributed by atoms with Crippen molar-refractivity contribution in [3.63, 3.8) is 0 Å². The van der Waals surface area contributed by atoms with E-state index in [1.165, 1.54) is 16.9 Å². The molecule has 0 radical (unpaired) electrons. The maximum atomic E-state index is 11.8. The zero-order chi connectivity index (χ0) is 17.9. The molecule has 7 heteroatoms. The van der Waals surface area contributed by atoms with Crippen molar-refractivity contribution in [2.75, 3.05) is 11.9 Å². The van der Waals surface area contributed by atoms with Crippen molar-refractivity contribution in [2.45, 2.75) is 45.4 Å². The number of esters is 1. The van der Waals surface area contributed by atoms with Crippen LogP contribution in [-0.4, -0.2) is 28.7 Å². The van der Waals surface area contributed by atoms with Crippen LogP contribution in [0.2, 0.25) is 0 Å². The van der Waals surface area contributed by atoms with Crippen LogP contribution in [0.15, 0.2) is 30.3 Å². The number of nitrogens with one attached hydrogen (secondary N) is 1. The van der Waals surface area contributed by atoms with Gasteiger partial charge in [-0.15, -0.1) is 10.2 Å². The zero-order valence-electron chi connectivity index (χ0n) is 14.4. The number of benzene rings is 1. The highest BCUT2D eigenvalue weighted by molar-refractivity contribution is 7.15. The van der Waals surface area contributed by atoms with Gasteiger partial charge in [-0.2, -0.15) is 0 Å². The normalized spacial score (nSPS) is 10.4. The molecular weight excluding hydrogens is 338 g/mol. The van der Waals surface area contributed by atoms with Crippen LogP contribution < -0.4 is 5.32 Å². The predicted molar refractivity (Wildman–Crippen MR) is 97.5 cm³/mol. The molecule has 2 aromatic rings. The van der Waals surface area contributed by atoms with Gasteiger partial charge in [-0.05, 0) is 31.2 Å². The number of rotatable bonds is 10. The highest BCUT2D eigenvalue weighted by Crippen LogP contribution is 2.15. The van der Waals surface area contributed by atoms with Crippen molar-refractivity contribution in [2.24, 2.45) is 0 Å². The van der Waals surface area contributed by atoms with Crippen molar-refractivity contribution in [3.8, 4) is 0 Å². The van der Waals surface area contributed by atoms with Gasteiger partial charge in [0.2, 0.25) is 11.0 Å². The summed E-state index contributed by atoms with van der Waals surface area (Å²) in [5.41, 5.74) is 1.23. The molecule has 0 atom stereocenters. The Labute approximate surface area is 151 Å². The molecule has 1 aromatic carbocycles. The maximum Gasteiger partial charge on any atom is 0.305 e. The summed E-state index contributed by atoms with van der Waals surface area (Å²) in [6.45, 7) is 2.39. The van der Waals surface area contributed by atoms with Crippen molar-refractivity contribution < 1.29 is 14.3 Å². The molecule has 1 amide bonds. The number of carbonyl (C=O) groups is 2. The molecule has 0 aliphatic carbocycles. The minimum absolute atomic E-state index is 0.157. The Bertz CT molecular complexity index is 673. The number of carbonyl (C=O) groups excluding carboxylic acids is 2. The fourth-order valence-electron chi connectivity index (χ4n) is 2.20. The van der Waals surface area contributed by atoms with E-state index in [0.717, 1.165) is 24.3 Å². The molecule has 0 unspecified atom stereocenters. The third kappa shape index (κ3) is 7.43. The van der Waals surface area contributed by atoms with Crippen molar-refractivity contribution in [3.05, 3.63) is 40.9 Å². The van der Waals surface area contributed by atoms with Crippen LogP contribution in [0.1, 0.15) is 43.2 Å². The standard InChI is InChI=1S/C18H23N3O3S/c1-2-16-20-21-18(25-16)19-15(22)11-6-12-17(23)24-13-7-10-14-8-4-3-5-9-14/h3-5,8-9H,2,6-7,10-13H2,1H3,(H,19,21,22). The van der Waals surface area contributed by atoms with E-state index in [1.807, 2.05) is 25.1 Å². The number of hydrogen-bond donors (Lipinski definition) is 1. The van der Waals surface area contributed by atoms with Gasteiger partial charge < -0.3 is 10.1 Å². The number of aryl methyl sites for hydroxylation is 2. The van der Waals surface area contributed by atoms with E-state index >= 15 is 0 Å². The summed E-state index contributed by atoms with van der Waals surface area (Å²) < 4.78 is 5.19. The number of ether oxygens (including phenoxy) is 1. The van der Waals surface area contributed by atoms with Crippen molar-refractivity contribution in [1.82, 2.24) is 10.2 Å². The SMILES string of the molecule is CCc1nnc(NC(=O)CCCC(=O)OCCCc2ccccc2)s1. The largest absolute Gasteiger partial charge is 0.466 e. The quantitative estimate of drug-likeness (QED) is 0.518. The van der Waals surface area contributed by atoms with E-state index in [1.54, 1.807) is 0 Å². The van der Waals surface area contributed by atoms with E-state index < -0.39 is 0 Å². The van der Waals surface area contributed by atoms with Crippen LogP contribution in [0.4, 0.5) is 5.13 Å². The number of aromatic nitrogens is 2. The fraction of sp³-hybridized carbons (Fsp3) is 0.444. The van der Waals surface area contributed by atoms with Crippen LogP contribution in [-0.2, 0) is 27.2 Å². The van der Waals surface area contributed by atoms with E-state index in [4.69, 9.17) is 4.74 Å². The first-order valence-corrected chi connectivity index (χ1v) is 9.31. The second-order valence-corrected chi connectivity index (χ2v) is 6.63. The van der Waals surface area contributed by atoms with Gasteiger partial charge in [-0.25, -0.2) is 0 Å². The Morgan fingerprint density at radius 3 is 2.64 bits per heavy atom. The van der Waals surface area contributed by atoms with Gasteiger partial charge in [0.25, 0.3) is 0 Å². The van der Waals surface area contributed by atoms with Crippen LogP contribution in [0.25, 0.3) is 0 Å². The first-order valence-electron chi connectivity index (χ1n) is 8.49. The maximum absolute atomic E-state index is 11.8. The first kappa shape index (κ1) is 19.1. The number of anilines is 1. The van der Waals surface area contributed by atoms with E-state index in [9.17, 15) is 9.59 Å². The lowest BCUT2D eigenvalue weighted by Crippen LogP contribution is -2.12. The summed E-state index contributed by atoms with van der Waals surface area (Å²) in [5, 5.41) is 11.9. The van der Waals surface area contributed by atoms with E-state index in [-0.39, 0.29) is 24.7 Å². The number of amides is 1. The summed E-state index contributed by atoms with van der Waals surface area (Å²) in [5.74, 6) is -0.416. The predicted octanol–water partition coefficient (Wildman–Crippen LogP) is 3.39. The molecular formula is C18H23N3O3S. The van der Waals surface area contributed by atoms with E-state index in [2.05, 4.69) is 27.6 Å². The molecule has 0 fully saturated rings. The Balaban J connectivity index is 1.53. The van der Waals surface area contributed by atoms with Gasteiger partial charge in [-0.3, -0.25) is 9.59 Å². The lowest BCUT2D eigenvalue weighted by Gasteiger charge is -2.05. The van der Waals surface area contributed by atoms with Gasteiger partial charge in [-0.1, -0.05) is 48.6 Å². The third-order valence-electron chi connectivity index (χ3n) is 3.52. The first-order chi connectivity index (χ1) is 12.2. The molecule has 1 aromatic heterocycles. The van der Waals surface area contributed by atoms with Crippen LogP contribution in [0, 0.1) is 0 Å². The molecule has 6 nitrogen and oxygen atoms in total. The van der Waals surface area contributed by atoms with Gasteiger partial charge in [0.1, 0.15) is 5.01 Å². The molecule has 1 N–H and O–H groups in total. The molecule has 0 aliphatic heterocycles. The lowest BCUT2D eigenvalue weighted by molar-refractivity contribution is -0.143. The Morgan fingerprint density at radius 1 is 1.12 bits per heavy atom. The third-order valence-corrected chi connectivity index (χ3v) is 4.50. The summed E-state index contributed by atoms with van der Waals surface area (Å²) in [4.78, 5) is 23.4. The molecule has 1 heterocycles. The van der Waals surface area contributed by atoms with E-state index in [0.29, 0.717) is 18.2 Å². The Kier molecular flexibility index (Phi) is 8.04. The lowest BCUT2D eigenvalue weighted by atomic mass is 10.1. The molecule has 0 saturated heterocycles. The molecule has 25 heavy (non-hydrogen) atoms. The zero-order valence-corrected chi connectivity index (χ0v) is 15.2.